The maximum atomic E-state index is 13.5. The van der Waals surface area contributed by atoms with E-state index in [0.717, 1.165) is 27.9 Å². The number of furan rings is 1. The van der Waals surface area contributed by atoms with Crippen molar-refractivity contribution >= 4 is 31.9 Å². The van der Waals surface area contributed by atoms with Gasteiger partial charge in [0, 0.05) is 22.6 Å². The third kappa shape index (κ3) is 7.09. The summed E-state index contributed by atoms with van der Waals surface area (Å²) in [4.78, 5) is 26.4. The van der Waals surface area contributed by atoms with Crippen LogP contribution in [-0.4, -0.2) is 38.7 Å². The number of hydrogen-bond acceptors (Lipinski definition) is 4. The van der Waals surface area contributed by atoms with E-state index >= 15 is 0 Å². The molecule has 3 aromatic carbocycles. The largest absolute Gasteiger partial charge is 0.481 e. The highest BCUT2D eigenvalue weighted by atomic mass is 28.3. The number of para-hydroxylation sites is 1. The van der Waals surface area contributed by atoms with Gasteiger partial charge >= 0.3 is 5.97 Å². The maximum Gasteiger partial charge on any atom is 0.312 e. The topological polar surface area (TPSA) is 88.8 Å². The first-order chi connectivity index (χ1) is 19.0. The van der Waals surface area contributed by atoms with Crippen molar-refractivity contribution in [2.75, 3.05) is 6.61 Å². The summed E-state index contributed by atoms with van der Waals surface area (Å²) in [6.45, 7) is 10.2. The Morgan fingerprint density at radius 3 is 2.20 bits per heavy atom. The minimum atomic E-state index is -1.48. The van der Waals surface area contributed by atoms with Gasteiger partial charge in [-0.05, 0) is 61.2 Å². The van der Waals surface area contributed by atoms with Gasteiger partial charge in [0.15, 0.2) is 9.04 Å². The number of hydrogen-bond donors (Lipinski definition) is 2. The van der Waals surface area contributed by atoms with Crippen LogP contribution < -0.4 is 5.32 Å². The summed E-state index contributed by atoms with van der Waals surface area (Å²) < 4.78 is 12.0. The standard InChI is InChI=1S/C33H39NO5Si/c1-32(2,3)29(21-33(31(36)37,22-38-40(4)5)20-23-11-7-6-8-12-23)34-30(35)25-17-15-24(16-18-25)28-19-26-13-9-10-14-27(26)39-28/h6-19,29,40H,20-22H2,1-5H3,(H,34,35)(H,36,37)/t29-,33+/m0/s1. The van der Waals surface area contributed by atoms with E-state index in [-0.39, 0.29) is 18.9 Å². The van der Waals surface area contributed by atoms with Crippen molar-refractivity contribution in [3.63, 3.8) is 0 Å². The van der Waals surface area contributed by atoms with Gasteiger partial charge < -0.3 is 19.3 Å². The van der Waals surface area contributed by atoms with E-state index < -0.39 is 31.9 Å². The Morgan fingerprint density at radius 1 is 0.950 bits per heavy atom. The van der Waals surface area contributed by atoms with Crippen LogP contribution in [0.25, 0.3) is 22.3 Å². The van der Waals surface area contributed by atoms with Crippen LogP contribution in [0.3, 0.4) is 0 Å². The molecular formula is C33H39NO5Si. The molecule has 2 N–H and O–H groups in total. The van der Waals surface area contributed by atoms with Crippen molar-refractivity contribution in [2.24, 2.45) is 10.8 Å². The molecule has 6 nitrogen and oxygen atoms in total. The van der Waals surface area contributed by atoms with Crippen LogP contribution in [0.4, 0.5) is 0 Å². The summed E-state index contributed by atoms with van der Waals surface area (Å²) in [7, 11) is -1.48. The molecule has 0 fully saturated rings. The maximum absolute atomic E-state index is 13.5. The molecule has 1 amide bonds. The summed E-state index contributed by atoms with van der Waals surface area (Å²) in [5, 5.41) is 14.8. The van der Waals surface area contributed by atoms with Crippen LogP contribution in [0.5, 0.6) is 0 Å². The van der Waals surface area contributed by atoms with Crippen LogP contribution in [-0.2, 0) is 15.6 Å². The van der Waals surface area contributed by atoms with Crippen molar-refractivity contribution in [3.8, 4) is 11.3 Å². The molecule has 0 aliphatic carbocycles. The monoisotopic (exact) mass is 557 g/mol. The second-order valence-corrected chi connectivity index (χ2v) is 14.4. The lowest BCUT2D eigenvalue weighted by Gasteiger charge is -2.39. The molecule has 4 rings (SSSR count). The second kappa shape index (κ2) is 12.2. The minimum absolute atomic E-state index is 0.107. The first kappa shape index (κ1) is 29.3. The third-order valence-corrected chi connectivity index (χ3v) is 8.17. The molecule has 1 heterocycles. The number of amides is 1. The average Bonchev–Trinajstić information content (AvgIpc) is 3.36. The molecule has 210 valence electrons. The molecule has 7 heteroatoms. The number of benzene rings is 3. The number of rotatable bonds is 11. The van der Waals surface area contributed by atoms with Gasteiger partial charge in [0.25, 0.3) is 5.91 Å². The number of carbonyl (C=O) groups is 2. The highest BCUT2D eigenvalue weighted by Gasteiger charge is 2.44. The lowest BCUT2D eigenvalue weighted by atomic mass is 9.71. The number of carboxylic acid groups (broad SMARTS) is 1. The van der Waals surface area contributed by atoms with Gasteiger partial charge in [-0.1, -0.05) is 81.4 Å². The average molecular weight is 558 g/mol. The fourth-order valence-electron chi connectivity index (χ4n) is 4.84. The fraction of sp³-hybridized carbons (Fsp3) is 0.333. The van der Waals surface area contributed by atoms with E-state index in [1.807, 2.05) is 107 Å². The highest BCUT2D eigenvalue weighted by molar-refractivity contribution is 6.48. The van der Waals surface area contributed by atoms with Crippen LogP contribution in [0.1, 0.15) is 43.1 Å². The normalized spacial score (nSPS) is 14.2. The van der Waals surface area contributed by atoms with Crippen molar-refractivity contribution in [1.29, 1.82) is 0 Å². The fourth-order valence-corrected chi connectivity index (χ4v) is 5.49. The Bertz CT molecular complexity index is 1410. The third-order valence-electron chi connectivity index (χ3n) is 7.33. The second-order valence-electron chi connectivity index (χ2n) is 11.9. The van der Waals surface area contributed by atoms with Gasteiger partial charge in [0.2, 0.25) is 0 Å². The van der Waals surface area contributed by atoms with E-state index in [2.05, 4.69) is 5.32 Å². The van der Waals surface area contributed by atoms with Crippen molar-refractivity contribution in [1.82, 2.24) is 5.32 Å². The number of carbonyl (C=O) groups excluding carboxylic acids is 1. The zero-order valence-electron chi connectivity index (χ0n) is 23.9. The lowest BCUT2D eigenvalue weighted by molar-refractivity contribution is -0.152. The molecule has 1 aromatic heterocycles. The van der Waals surface area contributed by atoms with E-state index in [4.69, 9.17) is 8.84 Å². The number of aliphatic carboxylic acids is 1. The molecule has 0 spiro atoms. The Balaban J connectivity index is 1.57. The summed E-state index contributed by atoms with van der Waals surface area (Å²) in [6, 6.07) is 26.3. The zero-order valence-corrected chi connectivity index (χ0v) is 25.1. The molecular weight excluding hydrogens is 518 g/mol. The molecule has 4 aromatic rings. The molecule has 0 unspecified atom stereocenters. The quantitative estimate of drug-likeness (QED) is 0.195. The van der Waals surface area contributed by atoms with E-state index in [9.17, 15) is 14.7 Å². The van der Waals surface area contributed by atoms with Crippen molar-refractivity contribution in [2.45, 2.75) is 52.7 Å². The Kier molecular flexibility index (Phi) is 8.96. The molecule has 40 heavy (non-hydrogen) atoms. The van der Waals surface area contributed by atoms with Crippen LogP contribution in [0.15, 0.2) is 89.3 Å². The predicted molar refractivity (Wildman–Crippen MR) is 162 cm³/mol. The van der Waals surface area contributed by atoms with Gasteiger partial charge in [-0.25, -0.2) is 0 Å². The smallest absolute Gasteiger partial charge is 0.312 e. The summed E-state index contributed by atoms with van der Waals surface area (Å²) >= 11 is 0. The van der Waals surface area contributed by atoms with Gasteiger partial charge in [-0.15, -0.1) is 0 Å². The minimum Gasteiger partial charge on any atom is -0.481 e. The zero-order chi connectivity index (χ0) is 28.9. The van der Waals surface area contributed by atoms with Crippen LogP contribution in [0.2, 0.25) is 13.1 Å². The number of carboxylic acids is 1. The first-order valence-electron chi connectivity index (χ1n) is 13.8. The molecule has 0 saturated carbocycles. The molecule has 2 atom stereocenters. The first-order valence-corrected chi connectivity index (χ1v) is 16.5. The Labute approximate surface area is 238 Å². The van der Waals surface area contributed by atoms with Gasteiger partial charge in [0.05, 0.1) is 12.0 Å². The summed E-state index contributed by atoms with van der Waals surface area (Å²) in [5.41, 5.74) is 1.55. The van der Waals surface area contributed by atoms with E-state index in [0.29, 0.717) is 12.0 Å². The van der Waals surface area contributed by atoms with Gasteiger partial charge in [0.1, 0.15) is 11.3 Å². The number of nitrogens with one attached hydrogen (secondary N) is 1. The van der Waals surface area contributed by atoms with E-state index in [1.54, 1.807) is 12.1 Å². The Hall–Kier alpha value is -3.68. The molecule has 0 bridgehead atoms. The Morgan fingerprint density at radius 2 is 1.60 bits per heavy atom. The molecule has 0 aliphatic rings. The summed E-state index contributed by atoms with van der Waals surface area (Å²) in [5.74, 6) is -0.416. The van der Waals surface area contributed by atoms with Crippen molar-refractivity contribution < 1.29 is 23.5 Å². The van der Waals surface area contributed by atoms with Crippen LogP contribution >= 0.6 is 0 Å². The van der Waals surface area contributed by atoms with Gasteiger partial charge in [-0.3, -0.25) is 9.59 Å². The van der Waals surface area contributed by atoms with Gasteiger partial charge in [-0.2, -0.15) is 0 Å². The molecule has 0 saturated heterocycles. The van der Waals surface area contributed by atoms with Crippen LogP contribution in [0, 0.1) is 10.8 Å². The van der Waals surface area contributed by atoms with E-state index in [1.165, 1.54) is 0 Å². The highest BCUT2D eigenvalue weighted by Crippen LogP contribution is 2.36. The summed E-state index contributed by atoms with van der Waals surface area (Å²) in [6.07, 6.45) is 0.559. The number of fused-ring (bicyclic) bond motifs is 1. The van der Waals surface area contributed by atoms with Crippen molar-refractivity contribution in [3.05, 3.63) is 96.1 Å². The lowest BCUT2D eigenvalue weighted by Crippen LogP contribution is -2.51. The molecule has 0 aliphatic heterocycles. The SMILES string of the molecule is C[SiH](C)OC[C@@](Cc1ccccc1)(C[C@H](NC(=O)c1ccc(-c2cc3ccccc3o2)cc1)C(C)(C)C)C(=O)O. The molecule has 0 radical (unpaired) electrons. The predicted octanol–water partition coefficient (Wildman–Crippen LogP) is 6.95.